The smallest absolute Gasteiger partial charge is 0.246 e. The number of ether oxygens (including phenoxy) is 3. The molecule has 32 heavy (non-hydrogen) atoms. The SMILES string of the molecule is COc1ccc(NC(=O)C(C(C)C)N2CC(C)OC(C)C2)cc1S(=O)(=O)N1CCOCC1. The molecule has 10 heteroatoms. The second-order valence-electron chi connectivity index (χ2n) is 8.77. The molecule has 2 aliphatic heterocycles. The van der Waals surface area contributed by atoms with Crippen LogP contribution in [0.4, 0.5) is 5.69 Å². The summed E-state index contributed by atoms with van der Waals surface area (Å²) in [6.45, 7) is 10.6. The first kappa shape index (κ1) is 24.9. The lowest BCUT2D eigenvalue weighted by Crippen LogP contribution is -2.55. The molecule has 2 fully saturated rings. The molecular formula is C22H35N3O6S. The summed E-state index contributed by atoms with van der Waals surface area (Å²) in [5.41, 5.74) is 0.419. The van der Waals surface area contributed by atoms with Crippen molar-refractivity contribution in [1.82, 2.24) is 9.21 Å². The maximum atomic E-state index is 13.3. The topological polar surface area (TPSA) is 97.4 Å². The average Bonchev–Trinajstić information content (AvgIpc) is 2.73. The van der Waals surface area contributed by atoms with E-state index in [1.165, 1.54) is 17.5 Å². The molecule has 1 amide bonds. The van der Waals surface area contributed by atoms with Crippen LogP contribution in [0.2, 0.25) is 0 Å². The Balaban J connectivity index is 1.84. The standard InChI is InChI=1S/C22H35N3O6S/c1-15(2)21(24-13-16(3)31-17(4)14-24)22(26)23-18-6-7-19(29-5)20(12-18)32(27,28)25-8-10-30-11-9-25/h6-7,12,15-17,21H,8-11,13-14H2,1-5H3,(H,23,26). The van der Waals surface area contributed by atoms with Gasteiger partial charge in [-0.25, -0.2) is 8.42 Å². The van der Waals surface area contributed by atoms with E-state index in [0.717, 1.165) is 0 Å². The Hall–Kier alpha value is -1.72. The van der Waals surface area contributed by atoms with Crippen LogP contribution >= 0.6 is 0 Å². The number of nitrogens with zero attached hydrogens (tertiary/aromatic N) is 2. The van der Waals surface area contributed by atoms with Crippen LogP contribution in [-0.4, -0.2) is 88.3 Å². The first-order chi connectivity index (χ1) is 15.1. The van der Waals surface area contributed by atoms with Crippen molar-refractivity contribution >= 4 is 21.6 Å². The molecule has 0 bridgehead atoms. The van der Waals surface area contributed by atoms with Crippen LogP contribution in [0.15, 0.2) is 23.1 Å². The lowest BCUT2D eigenvalue weighted by atomic mass is 9.99. The molecule has 0 saturated carbocycles. The third-order valence-electron chi connectivity index (χ3n) is 5.76. The van der Waals surface area contributed by atoms with Crippen molar-refractivity contribution < 1.29 is 27.4 Å². The van der Waals surface area contributed by atoms with Crippen molar-refractivity contribution in [2.75, 3.05) is 51.8 Å². The summed E-state index contributed by atoms with van der Waals surface area (Å²) in [7, 11) is -2.35. The number of carbonyl (C=O) groups excluding carboxylic acids is 1. The summed E-state index contributed by atoms with van der Waals surface area (Å²) in [5, 5.41) is 2.93. The molecule has 3 atom stereocenters. The normalized spacial score (nSPS) is 24.3. The van der Waals surface area contributed by atoms with Crippen LogP contribution in [0.25, 0.3) is 0 Å². The van der Waals surface area contributed by atoms with E-state index in [9.17, 15) is 13.2 Å². The van der Waals surface area contributed by atoms with E-state index in [-0.39, 0.29) is 53.8 Å². The molecular weight excluding hydrogens is 434 g/mol. The number of methoxy groups -OCH3 is 1. The highest BCUT2D eigenvalue weighted by atomic mass is 32.2. The molecule has 2 saturated heterocycles. The van der Waals surface area contributed by atoms with Gasteiger partial charge in [0.25, 0.3) is 0 Å². The zero-order chi connectivity index (χ0) is 23.5. The highest BCUT2D eigenvalue weighted by Crippen LogP contribution is 2.30. The van der Waals surface area contributed by atoms with Crippen LogP contribution in [0.1, 0.15) is 27.7 Å². The van der Waals surface area contributed by atoms with Gasteiger partial charge in [0, 0.05) is 31.9 Å². The lowest BCUT2D eigenvalue weighted by Gasteiger charge is -2.41. The first-order valence-electron chi connectivity index (χ1n) is 11.1. The number of hydrogen-bond acceptors (Lipinski definition) is 7. The Morgan fingerprint density at radius 2 is 1.78 bits per heavy atom. The van der Waals surface area contributed by atoms with Crippen molar-refractivity contribution in [2.24, 2.45) is 5.92 Å². The minimum absolute atomic E-state index is 0.0365. The number of nitrogens with one attached hydrogen (secondary N) is 1. The lowest BCUT2D eigenvalue weighted by molar-refractivity contribution is -0.130. The van der Waals surface area contributed by atoms with Crippen molar-refractivity contribution in [3.63, 3.8) is 0 Å². The third-order valence-corrected chi connectivity index (χ3v) is 7.68. The van der Waals surface area contributed by atoms with Crippen LogP contribution in [0.5, 0.6) is 5.75 Å². The molecule has 3 rings (SSSR count). The number of sulfonamides is 1. The van der Waals surface area contributed by atoms with E-state index in [1.54, 1.807) is 12.1 Å². The maximum Gasteiger partial charge on any atom is 0.246 e. The quantitative estimate of drug-likeness (QED) is 0.650. The number of amides is 1. The minimum atomic E-state index is -3.78. The number of carbonyl (C=O) groups is 1. The maximum absolute atomic E-state index is 13.3. The van der Waals surface area contributed by atoms with Gasteiger partial charge in [0.1, 0.15) is 10.6 Å². The van der Waals surface area contributed by atoms with E-state index in [2.05, 4.69) is 10.2 Å². The van der Waals surface area contributed by atoms with Crippen molar-refractivity contribution in [3.05, 3.63) is 18.2 Å². The molecule has 3 unspecified atom stereocenters. The molecule has 0 aliphatic carbocycles. The Labute approximate surface area is 191 Å². The van der Waals surface area contributed by atoms with Crippen molar-refractivity contribution in [2.45, 2.75) is 50.8 Å². The summed E-state index contributed by atoms with van der Waals surface area (Å²) in [6.07, 6.45) is 0.0816. The fourth-order valence-electron chi connectivity index (χ4n) is 4.43. The molecule has 9 nitrogen and oxygen atoms in total. The predicted molar refractivity (Wildman–Crippen MR) is 121 cm³/mol. The van der Waals surface area contributed by atoms with Crippen LogP contribution < -0.4 is 10.1 Å². The number of hydrogen-bond donors (Lipinski definition) is 1. The van der Waals surface area contributed by atoms with E-state index in [0.29, 0.717) is 32.0 Å². The van der Waals surface area contributed by atoms with Gasteiger partial charge in [-0.05, 0) is 38.0 Å². The van der Waals surface area contributed by atoms with Crippen molar-refractivity contribution in [3.8, 4) is 5.75 Å². The molecule has 2 aliphatic rings. The van der Waals surface area contributed by atoms with Gasteiger partial charge in [-0.2, -0.15) is 4.31 Å². The minimum Gasteiger partial charge on any atom is -0.495 e. The van der Waals surface area contributed by atoms with E-state index in [4.69, 9.17) is 14.2 Å². The third kappa shape index (κ3) is 5.60. The molecule has 1 aromatic carbocycles. The largest absolute Gasteiger partial charge is 0.495 e. The summed E-state index contributed by atoms with van der Waals surface area (Å²) in [5.74, 6) is 0.147. The fourth-order valence-corrected chi connectivity index (χ4v) is 6.02. The highest BCUT2D eigenvalue weighted by Gasteiger charge is 2.35. The van der Waals surface area contributed by atoms with Crippen LogP contribution in [0.3, 0.4) is 0 Å². The predicted octanol–water partition coefficient (Wildman–Crippen LogP) is 1.79. The molecule has 0 aromatic heterocycles. The van der Waals surface area contributed by atoms with Crippen LogP contribution in [-0.2, 0) is 24.3 Å². The summed E-state index contributed by atoms with van der Waals surface area (Å²) in [4.78, 5) is 15.5. The van der Waals surface area contributed by atoms with Gasteiger partial charge in [0.05, 0.1) is 38.6 Å². The van der Waals surface area contributed by atoms with E-state index >= 15 is 0 Å². The Morgan fingerprint density at radius 3 is 2.34 bits per heavy atom. The second kappa shape index (κ2) is 10.5. The number of anilines is 1. The van der Waals surface area contributed by atoms with Crippen molar-refractivity contribution in [1.29, 1.82) is 0 Å². The molecule has 2 heterocycles. The van der Waals surface area contributed by atoms with Gasteiger partial charge >= 0.3 is 0 Å². The fraction of sp³-hybridized carbons (Fsp3) is 0.682. The van der Waals surface area contributed by atoms with Crippen LogP contribution in [0, 0.1) is 5.92 Å². The molecule has 0 spiro atoms. The molecule has 0 radical (unpaired) electrons. The Morgan fingerprint density at radius 1 is 1.16 bits per heavy atom. The number of morpholine rings is 2. The summed E-state index contributed by atoms with van der Waals surface area (Å²) >= 11 is 0. The zero-order valence-corrected chi connectivity index (χ0v) is 20.4. The molecule has 1 N–H and O–H groups in total. The first-order valence-corrected chi connectivity index (χ1v) is 12.5. The highest BCUT2D eigenvalue weighted by molar-refractivity contribution is 7.89. The summed E-state index contributed by atoms with van der Waals surface area (Å²) in [6, 6.07) is 4.36. The second-order valence-corrected chi connectivity index (χ2v) is 10.7. The monoisotopic (exact) mass is 469 g/mol. The zero-order valence-electron chi connectivity index (χ0n) is 19.5. The van der Waals surface area contributed by atoms with E-state index < -0.39 is 10.0 Å². The van der Waals surface area contributed by atoms with Gasteiger partial charge in [0.15, 0.2) is 0 Å². The number of benzene rings is 1. The number of rotatable bonds is 7. The van der Waals surface area contributed by atoms with Gasteiger partial charge in [-0.3, -0.25) is 9.69 Å². The Bertz CT molecular complexity index is 891. The average molecular weight is 470 g/mol. The molecule has 180 valence electrons. The van der Waals surface area contributed by atoms with Gasteiger partial charge in [0.2, 0.25) is 15.9 Å². The summed E-state index contributed by atoms with van der Waals surface area (Å²) < 4.78 is 44.2. The van der Waals surface area contributed by atoms with E-state index in [1.807, 2.05) is 27.7 Å². The van der Waals surface area contributed by atoms with Gasteiger partial charge < -0.3 is 19.5 Å². The van der Waals surface area contributed by atoms with Gasteiger partial charge in [-0.15, -0.1) is 0 Å². The van der Waals surface area contributed by atoms with Gasteiger partial charge in [-0.1, -0.05) is 13.8 Å². The Kier molecular flexibility index (Phi) is 8.16. The molecule has 1 aromatic rings.